The van der Waals surface area contributed by atoms with Gasteiger partial charge >= 0.3 is 12.1 Å². The third kappa shape index (κ3) is 3.47. The van der Waals surface area contributed by atoms with Crippen LogP contribution in [0.3, 0.4) is 0 Å². The fraction of sp³-hybridized carbons (Fsp3) is 0.0909. The fourth-order valence-corrected chi connectivity index (χ4v) is 4.04. The molecule has 0 fully saturated rings. The molecule has 0 heterocycles. The van der Waals surface area contributed by atoms with Gasteiger partial charge in [0.25, 0.3) is 0 Å². The lowest BCUT2D eigenvalue weighted by atomic mass is 9.98. The number of halogens is 1. The van der Waals surface area contributed by atoms with Crippen molar-refractivity contribution in [1.29, 1.82) is 0 Å². The quantitative estimate of drug-likeness (QED) is 0.489. The second-order valence-electron chi connectivity index (χ2n) is 6.45. The number of carbonyl (C=O) groups excluding carboxylic acids is 1. The van der Waals surface area contributed by atoms with Gasteiger partial charge < -0.3 is 9.84 Å². The zero-order valence-electron chi connectivity index (χ0n) is 14.7. The van der Waals surface area contributed by atoms with Crippen LogP contribution < -0.4 is 5.32 Å². The van der Waals surface area contributed by atoms with E-state index in [0.29, 0.717) is 0 Å². The topological polar surface area (TPSA) is 75.6 Å². The summed E-state index contributed by atoms with van der Waals surface area (Å²) in [5.74, 6) is -1.15. The van der Waals surface area contributed by atoms with Crippen molar-refractivity contribution in [3.05, 3.63) is 87.0 Å². The van der Waals surface area contributed by atoms with E-state index in [-0.39, 0.29) is 23.8 Å². The summed E-state index contributed by atoms with van der Waals surface area (Å²) in [5, 5.41) is 11.9. The van der Waals surface area contributed by atoms with Gasteiger partial charge in [-0.1, -0.05) is 48.5 Å². The number of carboxylic acids is 1. The monoisotopic (exact) mass is 485 g/mol. The molecular weight excluding hydrogens is 469 g/mol. The zero-order chi connectivity index (χ0) is 19.7. The number of hydrogen-bond donors (Lipinski definition) is 2. The Kier molecular flexibility index (Phi) is 5.04. The number of anilines is 1. The van der Waals surface area contributed by atoms with E-state index < -0.39 is 12.1 Å². The second-order valence-corrected chi connectivity index (χ2v) is 7.69. The molecule has 28 heavy (non-hydrogen) atoms. The number of rotatable bonds is 4. The average Bonchev–Trinajstić information content (AvgIpc) is 3.01. The summed E-state index contributed by atoms with van der Waals surface area (Å²) in [6, 6.07) is 21.0. The molecule has 0 saturated carbocycles. The van der Waals surface area contributed by atoms with Gasteiger partial charge in [0.05, 0.1) is 11.3 Å². The van der Waals surface area contributed by atoms with Crippen molar-refractivity contribution in [2.24, 2.45) is 0 Å². The molecule has 3 aromatic rings. The summed E-state index contributed by atoms with van der Waals surface area (Å²) in [5.41, 5.74) is 4.79. The summed E-state index contributed by atoms with van der Waals surface area (Å²) >= 11 is 2.02. The van der Waals surface area contributed by atoms with E-state index in [1.165, 1.54) is 6.07 Å². The van der Waals surface area contributed by atoms with Gasteiger partial charge in [-0.3, -0.25) is 5.32 Å². The number of hydrogen-bond acceptors (Lipinski definition) is 3. The Balaban J connectivity index is 1.51. The lowest BCUT2D eigenvalue weighted by molar-refractivity contribution is 0.0698. The lowest BCUT2D eigenvalue weighted by Gasteiger charge is -2.15. The summed E-state index contributed by atoms with van der Waals surface area (Å²) in [4.78, 5) is 23.7. The Labute approximate surface area is 175 Å². The van der Waals surface area contributed by atoms with E-state index in [2.05, 4.69) is 17.4 Å². The third-order valence-corrected chi connectivity index (χ3v) is 5.46. The van der Waals surface area contributed by atoms with Gasteiger partial charge in [-0.15, -0.1) is 0 Å². The Morgan fingerprint density at radius 1 is 0.964 bits per heavy atom. The normalized spacial score (nSPS) is 12.2. The van der Waals surface area contributed by atoms with E-state index in [0.717, 1.165) is 25.8 Å². The molecule has 5 nitrogen and oxygen atoms in total. The molecule has 1 aliphatic rings. The van der Waals surface area contributed by atoms with Gasteiger partial charge in [0.2, 0.25) is 0 Å². The summed E-state index contributed by atoms with van der Waals surface area (Å²) < 4.78 is 6.24. The van der Waals surface area contributed by atoms with Gasteiger partial charge in [-0.2, -0.15) is 0 Å². The van der Waals surface area contributed by atoms with E-state index in [1.807, 2.05) is 59.0 Å². The summed E-state index contributed by atoms with van der Waals surface area (Å²) in [6.45, 7) is 0.173. The van der Waals surface area contributed by atoms with Gasteiger partial charge in [0.15, 0.2) is 0 Å². The van der Waals surface area contributed by atoms with Crippen LogP contribution in [0, 0.1) is 3.57 Å². The first-order valence-electron chi connectivity index (χ1n) is 8.69. The molecule has 140 valence electrons. The molecule has 1 aliphatic carbocycles. The SMILES string of the molecule is O=C(Nc1ccc(I)cc1C(=O)O)OCC1c2ccccc2-c2ccccc21. The fourth-order valence-electron chi connectivity index (χ4n) is 3.55. The highest BCUT2D eigenvalue weighted by Gasteiger charge is 2.29. The number of aromatic carboxylic acids is 1. The molecule has 2 N–H and O–H groups in total. The molecule has 0 aliphatic heterocycles. The highest BCUT2D eigenvalue weighted by Crippen LogP contribution is 2.44. The number of ether oxygens (including phenoxy) is 1. The van der Waals surface area contributed by atoms with Crippen LogP contribution >= 0.6 is 22.6 Å². The largest absolute Gasteiger partial charge is 0.478 e. The van der Waals surface area contributed by atoms with Crippen molar-refractivity contribution >= 4 is 40.3 Å². The van der Waals surface area contributed by atoms with Crippen molar-refractivity contribution < 1.29 is 19.4 Å². The molecular formula is C22H16INO4. The maximum atomic E-state index is 12.3. The average molecular weight is 485 g/mol. The van der Waals surface area contributed by atoms with Gasteiger partial charge in [0, 0.05) is 9.49 Å². The molecule has 0 saturated heterocycles. The van der Waals surface area contributed by atoms with Crippen LogP contribution in [0.1, 0.15) is 27.4 Å². The standard InChI is InChI=1S/C22H16INO4/c23-13-9-10-20(18(11-13)21(25)26)24-22(27)28-12-19-16-7-3-1-5-14(16)15-6-2-4-8-17(15)19/h1-11,19H,12H2,(H,24,27)(H,25,26). The van der Waals surface area contributed by atoms with Crippen molar-refractivity contribution in [1.82, 2.24) is 0 Å². The molecule has 0 bridgehead atoms. The number of fused-ring (bicyclic) bond motifs is 3. The second kappa shape index (κ2) is 7.63. The Morgan fingerprint density at radius 3 is 2.18 bits per heavy atom. The number of carbonyl (C=O) groups is 2. The zero-order valence-corrected chi connectivity index (χ0v) is 16.8. The first-order valence-corrected chi connectivity index (χ1v) is 9.77. The molecule has 0 atom stereocenters. The number of nitrogens with one attached hydrogen (secondary N) is 1. The highest BCUT2D eigenvalue weighted by molar-refractivity contribution is 14.1. The van der Waals surface area contributed by atoms with Crippen LogP contribution in [0.5, 0.6) is 0 Å². The van der Waals surface area contributed by atoms with Crippen LogP contribution in [0.25, 0.3) is 11.1 Å². The van der Waals surface area contributed by atoms with Crippen LogP contribution in [-0.2, 0) is 4.74 Å². The maximum Gasteiger partial charge on any atom is 0.411 e. The van der Waals surface area contributed by atoms with E-state index in [9.17, 15) is 14.7 Å². The molecule has 4 rings (SSSR count). The first kappa shape index (κ1) is 18.5. The number of carboxylic acid groups (broad SMARTS) is 1. The highest BCUT2D eigenvalue weighted by atomic mass is 127. The Hall–Kier alpha value is -2.87. The van der Waals surface area contributed by atoms with E-state index >= 15 is 0 Å². The molecule has 0 radical (unpaired) electrons. The molecule has 0 unspecified atom stereocenters. The predicted octanol–water partition coefficient (Wildman–Crippen LogP) is 5.35. The van der Waals surface area contributed by atoms with Crippen molar-refractivity contribution in [3.8, 4) is 11.1 Å². The van der Waals surface area contributed by atoms with Crippen molar-refractivity contribution in [3.63, 3.8) is 0 Å². The third-order valence-electron chi connectivity index (χ3n) is 4.79. The van der Waals surface area contributed by atoms with Gasteiger partial charge in [0.1, 0.15) is 6.61 Å². The predicted molar refractivity (Wildman–Crippen MR) is 115 cm³/mol. The van der Waals surface area contributed by atoms with Crippen LogP contribution in [0.4, 0.5) is 10.5 Å². The first-order chi connectivity index (χ1) is 13.5. The van der Waals surface area contributed by atoms with Gasteiger partial charge in [-0.05, 0) is 63.0 Å². The lowest BCUT2D eigenvalue weighted by Crippen LogP contribution is -2.19. The van der Waals surface area contributed by atoms with Crippen molar-refractivity contribution in [2.45, 2.75) is 5.92 Å². The van der Waals surface area contributed by atoms with Crippen LogP contribution in [-0.4, -0.2) is 23.8 Å². The Bertz CT molecular complexity index is 1030. The molecule has 0 spiro atoms. The molecule has 6 heteroatoms. The van der Waals surface area contributed by atoms with Gasteiger partial charge in [-0.25, -0.2) is 9.59 Å². The number of amides is 1. The summed E-state index contributed by atoms with van der Waals surface area (Å²) in [6.07, 6.45) is -0.675. The number of benzene rings is 3. The van der Waals surface area contributed by atoms with Crippen molar-refractivity contribution in [2.75, 3.05) is 11.9 Å². The van der Waals surface area contributed by atoms with E-state index in [4.69, 9.17) is 4.74 Å². The van der Waals surface area contributed by atoms with E-state index in [1.54, 1.807) is 12.1 Å². The molecule has 3 aromatic carbocycles. The Morgan fingerprint density at radius 2 is 1.57 bits per heavy atom. The minimum Gasteiger partial charge on any atom is -0.478 e. The summed E-state index contributed by atoms with van der Waals surface area (Å²) in [7, 11) is 0. The van der Waals surface area contributed by atoms with Crippen LogP contribution in [0.2, 0.25) is 0 Å². The molecule has 0 aromatic heterocycles. The smallest absolute Gasteiger partial charge is 0.411 e. The maximum absolute atomic E-state index is 12.3. The molecule has 1 amide bonds. The minimum absolute atomic E-state index is 0.0282. The minimum atomic E-state index is -1.10. The van der Waals surface area contributed by atoms with Crippen LogP contribution in [0.15, 0.2) is 66.7 Å².